The third-order valence-electron chi connectivity index (χ3n) is 3.85. The standard InChI is InChI=1S/C14H16N2O3/c1-8(9-2-4-10(15)5-3-9)16-13(17)11-6-7-12(19-11)14(16)18/h2-5,8,11-12H,6-7,15H2,1H3. The zero-order chi connectivity index (χ0) is 13.6. The number of likely N-dealkylation sites (tertiary alicyclic amines) is 1. The van der Waals surface area contributed by atoms with Gasteiger partial charge in [-0.15, -0.1) is 0 Å². The smallest absolute Gasteiger partial charge is 0.258 e. The predicted molar refractivity (Wildman–Crippen MR) is 69.0 cm³/mol. The molecule has 3 rings (SSSR count). The summed E-state index contributed by atoms with van der Waals surface area (Å²) in [6.45, 7) is 1.85. The predicted octanol–water partition coefficient (Wildman–Crippen LogP) is 1.25. The highest BCUT2D eigenvalue weighted by atomic mass is 16.5. The molecule has 5 heteroatoms. The molecule has 2 N–H and O–H groups in total. The van der Waals surface area contributed by atoms with Crippen molar-refractivity contribution in [1.29, 1.82) is 0 Å². The molecule has 2 aliphatic heterocycles. The van der Waals surface area contributed by atoms with Gasteiger partial charge in [0.15, 0.2) is 0 Å². The lowest BCUT2D eigenvalue weighted by molar-refractivity contribution is -0.171. The van der Waals surface area contributed by atoms with E-state index in [4.69, 9.17) is 10.5 Å². The minimum Gasteiger partial charge on any atom is -0.399 e. The van der Waals surface area contributed by atoms with Gasteiger partial charge in [-0.25, -0.2) is 0 Å². The fourth-order valence-electron chi connectivity index (χ4n) is 2.72. The van der Waals surface area contributed by atoms with Crippen LogP contribution in [-0.2, 0) is 14.3 Å². The number of nitrogen functional groups attached to an aromatic ring is 1. The summed E-state index contributed by atoms with van der Waals surface area (Å²) in [5.74, 6) is -0.439. The van der Waals surface area contributed by atoms with Crippen LogP contribution in [0.15, 0.2) is 24.3 Å². The second-order valence-corrected chi connectivity index (χ2v) is 5.08. The molecule has 5 nitrogen and oxygen atoms in total. The average molecular weight is 260 g/mol. The van der Waals surface area contributed by atoms with Crippen molar-refractivity contribution in [3.8, 4) is 0 Å². The molecule has 19 heavy (non-hydrogen) atoms. The summed E-state index contributed by atoms with van der Waals surface area (Å²) in [6.07, 6.45) is 0.387. The number of rotatable bonds is 2. The number of morpholine rings is 1. The van der Waals surface area contributed by atoms with Crippen LogP contribution in [0.4, 0.5) is 5.69 Å². The Bertz CT molecular complexity index is 504. The van der Waals surface area contributed by atoms with Gasteiger partial charge in [-0.2, -0.15) is 0 Å². The lowest BCUT2D eigenvalue weighted by Gasteiger charge is -2.34. The molecule has 100 valence electrons. The van der Waals surface area contributed by atoms with Crippen molar-refractivity contribution >= 4 is 17.5 Å². The van der Waals surface area contributed by atoms with E-state index in [9.17, 15) is 9.59 Å². The van der Waals surface area contributed by atoms with Gasteiger partial charge < -0.3 is 10.5 Å². The van der Waals surface area contributed by atoms with E-state index >= 15 is 0 Å². The maximum Gasteiger partial charge on any atom is 0.258 e. The molecule has 1 aromatic rings. The van der Waals surface area contributed by atoms with Crippen LogP contribution in [0.5, 0.6) is 0 Å². The summed E-state index contributed by atoms with van der Waals surface area (Å²) in [5, 5.41) is 0. The van der Waals surface area contributed by atoms with Gasteiger partial charge in [-0.1, -0.05) is 12.1 Å². The SMILES string of the molecule is CC(c1ccc(N)cc1)N1C(=O)C2CCC(O2)C1=O. The fourth-order valence-corrected chi connectivity index (χ4v) is 2.72. The molecule has 0 aromatic heterocycles. The number of hydrogen-bond acceptors (Lipinski definition) is 4. The molecule has 1 aromatic carbocycles. The van der Waals surface area contributed by atoms with E-state index in [0.717, 1.165) is 5.56 Å². The molecule has 0 aliphatic carbocycles. The Labute approximate surface area is 111 Å². The minimum atomic E-state index is -0.445. The summed E-state index contributed by atoms with van der Waals surface area (Å²) in [4.78, 5) is 25.8. The lowest BCUT2D eigenvalue weighted by atomic mass is 10.0. The number of fused-ring (bicyclic) bond motifs is 2. The number of amides is 2. The van der Waals surface area contributed by atoms with Gasteiger partial charge in [0.05, 0.1) is 6.04 Å². The molecule has 0 spiro atoms. The van der Waals surface area contributed by atoms with E-state index in [2.05, 4.69) is 0 Å². The Morgan fingerprint density at radius 2 is 1.68 bits per heavy atom. The van der Waals surface area contributed by atoms with Crippen LogP contribution in [0.1, 0.15) is 31.4 Å². The number of hydrogen-bond donors (Lipinski definition) is 1. The van der Waals surface area contributed by atoms with Gasteiger partial charge >= 0.3 is 0 Å². The van der Waals surface area contributed by atoms with Crippen molar-refractivity contribution in [3.63, 3.8) is 0 Å². The van der Waals surface area contributed by atoms with Gasteiger partial charge in [-0.05, 0) is 37.5 Å². The van der Waals surface area contributed by atoms with Crippen LogP contribution >= 0.6 is 0 Å². The Balaban J connectivity index is 1.90. The average Bonchev–Trinajstić information content (AvgIpc) is 2.84. The molecule has 2 bridgehead atoms. The van der Waals surface area contributed by atoms with E-state index in [1.165, 1.54) is 4.90 Å². The van der Waals surface area contributed by atoms with Crippen molar-refractivity contribution in [2.45, 2.75) is 38.0 Å². The largest absolute Gasteiger partial charge is 0.399 e. The number of carbonyl (C=O) groups is 2. The maximum absolute atomic E-state index is 12.2. The van der Waals surface area contributed by atoms with Crippen LogP contribution in [0, 0.1) is 0 Å². The van der Waals surface area contributed by atoms with Gasteiger partial charge in [0.1, 0.15) is 12.2 Å². The molecular weight excluding hydrogens is 244 g/mol. The van der Waals surface area contributed by atoms with Crippen molar-refractivity contribution in [1.82, 2.24) is 4.90 Å². The molecule has 0 saturated carbocycles. The fraction of sp³-hybridized carbons (Fsp3) is 0.429. The molecular formula is C14H16N2O3. The molecule has 2 saturated heterocycles. The molecule has 2 amide bonds. The number of nitrogens with two attached hydrogens (primary N) is 1. The van der Waals surface area contributed by atoms with Crippen molar-refractivity contribution in [2.24, 2.45) is 0 Å². The lowest BCUT2D eigenvalue weighted by Crippen LogP contribution is -2.52. The van der Waals surface area contributed by atoms with Gasteiger partial charge in [0, 0.05) is 5.69 Å². The first kappa shape index (κ1) is 12.2. The van der Waals surface area contributed by atoms with Crippen LogP contribution in [0.3, 0.4) is 0 Å². The molecule has 2 heterocycles. The second kappa shape index (κ2) is 4.35. The van der Waals surface area contributed by atoms with Crippen molar-refractivity contribution < 1.29 is 14.3 Å². The topological polar surface area (TPSA) is 72.6 Å². The first-order valence-corrected chi connectivity index (χ1v) is 6.45. The Morgan fingerprint density at radius 1 is 1.16 bits per heavy atom. The van der Waals surface area contributed by atoms with E-state index < -0.39 is 12.2 Å². The van der Waals surface area contributed by atoms with Crippen molar-refractivity contribution in [2.75, 3.05) is 5.73 Å². The first-order chi connectivity index (χ1) is 9.08. The Hall–Kier alpha value is -1.88. The quantitative estimate of drug-likeness (QED) is 0.641. The zero-order valence-corrected chi connectivity index (χ0v) is 10.7. The zero-order valence-electron chi connectivity index (χ0n) is 10.7. The molecule has 2 aliphatic rings. The van der Waals surface area contributed by atoms with Crippen LogP contribution < -0.4 is 5.73 Å². The van der Waals surface area contributed by atoms with E-state index in [1.54, 1.807) is 12.1 Å². The van der Waals surface area contributed by atoms with Crippen LogP contribution in [0.2, 0.25) is 0 Å². The highest BCUT2D eigenvalue weighted by Gasteiger charge is 2.48. The number of nitrogens with zero attached hydrogens (tertiary/aromatic N) is 1. The van der Waals surface area contributed by atoms with E-state index in [-0.39, 0.29) is 17.9 Å². The summed E-state index contributed by atoms with van der Waals surface area (Å²) in [6, 6.07) is 6.95. The first-order valence-electron chi connectivity index (χ1n) is 6.45. The summed E-state index contributed by atoms with van der Waals surface area (Å²) in [5.41, 5.74) is 7.21. The highest BCUT2D eigenvalue weighted by molar-refractivity contribution is 6.02. The molecule has 3 unspecified atom stereocenters. The van der Waals surface area contributed by atoms with E-state index in [1.807, 2.05) is 19.1 Å². The molecule has 3 atom stereocenters. The third-order valence-corrected chi connectivity index (χ3v) is 3.85. The Kier molecular flexibility index (Phi) is 2.78. The minimum absolute atomic E-state index is 0.219. The molecule has 0 radical (unpaired) electrons. The summed E-state index contributed by atoms with van der Waals surface area (Å²) >= 11 is 0. The van der Waals surface area contributed by atoms with Gasteiger partial charge in [0.2, 0.25) is 0 Å². The molecule has 2 fully saturated rings. The second-order valence-electron chi connectivity index (χ2n) is 5.08. The number of imide groups is 1. The number of ether oxygens (including phenoxy) is 1. The van der Waals surface area contributed by atoms with Crippen LogP contribution in [-0.4, -0.2) is 28.9 Å². The number of anilines is 1. The van der Waals surface area contributed by atoms with Gasteiger partial charge in [-0.3, -0.25) is 14.5 Å². The number of carbonyl (C=O) groups excluding carboxylic acids is 2. The maximum atomic E-state index is 12.2. The van der Waals surface area contributed by atoms with Crippen molar-refractivity contribution in [3.05, 3.63) is 29.8 Å². The Morgan fingerprint density at radius 3 is 2.21 bits per heavy atom. The summed E-state index contributed by atoms with van der Waals surface area (Å²) in [7, 11) is 0. The highest BCUT2D eigenvalue weighted by Crippen LogP contribution is 2.33. The van der Waals surface area contributed by atoms with Crippen LogP contribution in [0.25, 0.3) is 0 Å². The number of benzene rings is 1. The monoisotopic (exact) mass is 260 g/mol. The normalized spacial score (nSPS) is 27.7. The van der Waals surface area contributed by atoms with E-state index in [0.29, 0.717) is 18.5 Å². The summed E-state index contributed by atoms with van der Waals surface area (Å²) < 4.78 is 5.40. The third kappa shape index (κ3) is 1.90. The van der Waals surface area contributed by atoms with Gasteiger partial charge in [0.25, 0.3) is 11.8 Å².